The van der Waals surface area contributed by atoms with Gasteiger partial charge in [0, 0.05) is 84.7 Å². The van der Waals surface area contributed by atoms with Gasteiger partial charge in [-0.3, -0.25) is 19.2 Å². The van der Waals surface area contributed by atoms with Gasteiger partial charge in [0.05, 0.1) is 43.4 Å². The van der Waals surface area contributed by atoms with Gasteiger partial charge in [0.25, 0.3) is 0 Å². The van der Waals surface area contributed by atoms with Gasteiger partial charge >= 0.3 is 12.2 Å². The van der Waals surface area contributed by atoms with Gasteiger partial charge in [0.2, 0.25) is 11.8 Å². The summed E-state index contributed by atoms with van der Waals surface area (Å²) in [6.07, 6.45) is 14.2. The lowest BCUT2D eigenvalue weighted by molar-refractivity contribution is -0.132. The molecule has 5 aliphatic rings. The van der Waals surface area contributed by atoms with Crippen molar-refractivity contribution >= 4 is 73.7 Å². The number of rotatable bonds is 12. The zero-order valence-corrected chi connectivity index (χ0v) is 45.2. The molecule has 0 unspecified atom stereocenters. The Labute approximate surface area is 445 Å². The smallest absolute Gasteiger partial charge is 0.410 e. The molecule has 2 saturated heterocycles. The minimum atomic E-state index is -0.467. The molecule has 0 N–H and O–H groups in total. The lowest BCUT2D eigenvalue weighted by atomic mass is 9.79. The van der Waals surface area contributed by atoms with E-state index in [2.05, 4.69) is 18.2 Å². The third-order valence-corrected chi connectivity index (χ3v) is 15.4. The fraction of sp³-hybridized carbons (Fsp3) is 0.541. The molecule has 2 aromatic carbocycles. The van der Waals surface area contributed by atoms with Crippen molar-refractivity contribution in [1.82, 2.24) is 19.8 Å². The number of fused-ring (bicyclic) bond motifs is 6. The Morgan fingerprint density at radius 3 is 1.64 bits per heavy atom. The Hall–Kier alpha value is -6.64. The third kappa shape index (κ3) is 13.3. The fourth-order valence-electron chi connectivity index (χ4n) is 11.5. The number of ether oxygens (including phenoxy) is 4. The summed E-state index contributed by atoms with van der Waals surface area (Å²) in [5.74, 6) is 1.92. The molecule has 5 aromatic rings. The number of amides is 2. The van der Waals surface area contributed by atoms with Gasteiger partial charge < -0.3 is 33.2 Å². The normalized spacial score (nSPS) is 19.9. The zero-order chi connectivity index (χ0) is 53.7. The summed E-state index contributed by atoms with van der Waals surface area (Å²) >= 11 is 0. The van der Waals surface area contributed by atoms with E-state index in [0.29, 0.717) is 68.1 Å². The Morgan fingerprint density at radius 2 is 1.12 bits per heavy atom. The monoisotopic (exact) mass is 1040 g/mol. The largest absolute Gasteiger partial charge is 0.478 e. The van der Waals surface area contributed by atoms with Crippen molar-refractivity contribution in [1.29, 1.82) is 0 Å². The van der Waals surface area contributed by atoms with E-state index in [1.165, 1.54) is 5.56 Å². The first-order chi connectivity index (χ1) is 36.4. The van der Waals surface area contributed by atoms with E-state index in [9.17, 15) is 28.8 Å². The second kappa shape index (κ2) is 23.3. The number of carbonyl (C=O) groups is 6. The molecule has 4 fully saturated rings. The van der Waals surface area contributed by atoms with E-state index in [1.807, 2.05) is 87.7 Å². The summed E-state index contributed by atoms with van der Waals surface area (Å²) in [5, 5.41) is 2.85. The molecule has 0 bridgehead atoms. The Morgan fingerprint density at radius 1 is 0.618 bits per heavy atom. The van der Waals surface area contributed by atoms with Crippen molar-refractivity contribution in [3.63, 3.8) is 0 Å². The van der Waals surface area contributed by atoms with Crippen LogP contribution in [0, 0.1) is 17.8 Å². The number of furan rings is 1. The first-order valence-electron chi connectivity index (χ1n) is 27.6. The van der Waals surface area contributed by atoms with Crippen LogP contribution >= 0.6 is 0 Å². The highest BCUT2D eigenvalue weighted by Gasteiger charge is 2.35. The predicted molar refractivity (Wildman–Crippen MR) is 289 cm³/mol. The molecule has 15 nitrogen and oxygen atoms in total. The number of Topliss-reactive ketones (excluding diaryl/α,β-unsaturated/α-hetero) is 4. The van der Waals surface area contributed by atoms with Crippen LogP contribution in [0.25, 0.3) is 38.3 Å². The first kappa shape index (κ1) is 54.2. The highest BCUT2D eigenvalue weighted by molar-refractivity contribution is 6.11. The number of ketones is 4. The predicted octanol–water partition coefficient (Wildman–Crippen LogP) is 12.1. The van der Waals surface area contributed by atoms with Gasteiger partial charge in [-0.1, -0.05) is 12.1 Å². The molecule has 10 rings (SSSR count). The summed E-state index contributed by atoms with van der Waals surface area (Å²) in [6, 6.07) is 15.7. The van der Waals surface area contributed by atoms with Crippen LogP contribution in [0.4, 0.5) is 9.59 Å². The van der Waals surface area contributed by atoms with Gasteiger partial charge in [0.1, 0.15) is 39.9 Å². The summed E-state index contributed by atoms with van der Waals surface area (Å²) in [4.78, 5) is 86.2. The molecule has 5 heterocycles. The molecule has 2 saturated carbocycles. The van der Waals surface area contributed by atoms with Crippen LogP contribution in [0.3, 0.4) is 0 Å². The van der Waals surface area contributed by atoms with Crippen molar-refractivity contribution in [2.45, 2.75) is 155 Å². The lowest BCUT2D eigenvalue weighted by Gasteiger charge is -2.33. The number of hydrogen-bond acceptors (Lipinski definition) is 13. The third-order valence-electron chi connectivity index (χ3n) is 15.4. The summed E-state index contributed by atoms with van der Waals surface area (Å²) in [7, 11) is 0. The second-order valence-corrected chi connectivity index (χ2v) is 23.4. The van der Waals surface area contributed by atoms with E-state index >= 15 is 0 Å². The van der Waals surface area contributed by atoms with E-state index in [0.717, 1.165) is 128 Å². The molecule has 2 atom stereocenters. The summed E-state index contributed by atoms with van der Waals surface area (Å²) < 4.78 is 28.7. The number of piperidine rings is 2. The molecule has 0 radical (unpaired) electrons. The standard InChI is InChI=1S/C31H38N2O5.C30H36N2O6/c1-31(2,3)38-30(36)33-16-14-20(15-17-33)5-4-18-37-28-13-11-25-26(32-28)12-7-21-6-9-24(29(21)25)23-10-8-22(34)19-27(23)35;1-30(2,3)38-29(35)32-14-12-19(13-15-32)5-4-16-36-27-11-8-22-24(31-27)9-10-26-28(22)23(18-37-26)21-7-6-20(33)17-25(21)34/h7,9,11-13,20,23H,4-6,8,10,14-19H2,1-3H3;8-11,18-19,21H,4-7,12-17H2,1-3H3/t23-;21-/m01/s1. The van der Waals surface area contributed by atoms with Crippen LogP contribution in [0.5, 0.6) is 11.8 Å². The average molecular weight is 1040 g/mol. The molecule has 2 amide bonds. The quantitative estimate of drug-likeness (QED) is 0.0850. The minimum Gasteiger partial charge on any atom is -0.478 e. The first-order valence-corrected chi connectivity index (χ1v) is 27.6. The number of benzene rings is 2. The van der Waals surface area contributed by atoms with Crippen LogP contribution in [0.1, 0.15) is 154 Å². The second-order valence-electron chi connectivity index (χ2n) is 23.4. The number of aromatic nitrogens is 2. The van der Waals surface area contributed by atoms with Crippen LogP contribution in [-0.4, -0.2) is 106 Å². The van der Waals surface area contributed by atoms with Crippen molar-refractivity contribution in [3.8, 4) is 11.8 Å². The van der Waals surface area contributed by atoms with E-state index < -0.39 is 11.2 Å². The van der Waals surface area contributed by atoms with Gasteiger partial charge in [0.15, 0.2) is 0 Å². The molecule has 3 aromatic heterocycles. The average Bonchev–Trinajstić information content (AvgIpc) is 4.07. The zero-order valence-electron chi connectivity index (χ0n) is 45.2. The van der Waals surface area contributed by atoms with Gasteiger partial charge in [-0.2, -0.15) is 0 Å². The molecular formula is C61H74N4O11. The van der Waals surface area contributed by atoms with Crippen LogP contribution in [-0.2, 0) is 35.1 Å². The SMILES string of the molecule is CC(C)(C)OC(=O)N1CCC(CCCOc2ccc3c(ccc4occ([C@H]5CCC(=O)CC5=O)c43)n2)CC1.CC(C)(C)OC(=O)N1CCC(CCCOc2ccc3c4c(ccc3n2)CC=C4[C@@H]2CCC(=O)CC2=O)CC1. The Kier molecular flexibility index (Phi) is 16.6. The summed E-state index contributed by atoms with van der Waals surface area (Å²) in [5.41, 5.74) is 5.67. The van der Waals surface area contributed by atoms with Gasteiger partial charge in [-0.25, -0.2) is 19.6 Å². The van der Waals surface area contributed by atoms with E-state index in [1.54, 1.807) is 6.26 Å². The number of hydrogen-bond donors (Lipinski definition) is 0. The lowest BCUT2D eigenvalue weighted by Crippen LogP contribution is -2.41. The van der Waals surface area contributed by atoms with Crippen LogP contribution in [0.15, 0.2) is 65.3 Å². The Balaban J connectivity index is 0.000000186. The molecule has 76 heavy (non-hydrogen) atoms. The number of likely N-dealkylation sites (tertiary alicyclic amines) is 2. The molecule has 0 spiro atoms. The van der Waals surface area contributed by atoms with Crippen molar-refractivity contribution < 1.29 is 52.1 Å². The highest BCUT2D eigenvalue weighted by atomic mass is 16.6. The van der Waals surface area contributed by atoms with E-state index in [-0.39, 0.29) is 60.0 Å². The van der Waals surface area contributed by atoms with Crippen LogP contribution in [0.2, 0.25) is 0 Å². The van der Waals surface area contributed by atoms with E-state index in [4.69, 9.17) is 33.3 Å². The maximum absolute atomic E-state index is 12.6. The topological polar surface area (TPSA) is 185 Å². The van der Waals surface area contributed by atoms with Gasteiger partial charge in [-0.05, 0) is 171 Å². The van der Waals surface area contributed by atoms with Crippen molar-refractivity contribution in [2.75, 3.05) is 39.4 Å². The van der Waals surface area contributed by atoms with Crippen LogP contribution < -0.4 is 9.47 Å². The fourth-order valence-corrected chi connectivity index (χ4v) is 11.5. The van der Waals surface area contributed by atoms with Gasteiger partial charge in [-0.15, -0.1) is 0 Å². The van der Waals surface area contributed by atoms with Crippen molar-refractivity contribution in [2.24, 2.45) is 17.8 Å². The molecule has 2 aliphatic heterocycles. The molecular weight excluding hydrogens is 965 g/mol. The highest BCUT2D eigenvalue weighted by Crippen LogP contribution is 2.42. The number of pyridine rings is 2. The van der Waals surface area contributed by atoms with Crippen molar-refractivity contribution in [3.05, 3.63) is 77.6 Å². The maximum Gasteiger partial charge on any atom is 0.410 e. The molecule has 404 valence electrons. The number of carbonyl (C=O) groups excluding carboxylic acids is 6. The Bertz CT molecular complexity index is 3020. The molecule has 3 aliphatic carbocycles. The molecule has 15 heteroatoms. The summed E-state index contributed by atoms with van der Waals surface area (Å²) in [6.45, 7) is 15.5. The maximum atomic E-state index is 12.6. The number of allylic oxidation sites excluding steroid dienone is 2. The number of nitrogens with zero attached hydrogens (tertiary/aromatic N) is 4. The minimum absolute atomic E-state index is 0.00119.